The van der Waals surface area contributed by atoms with Crippen molar-refractivity contribution in [1.82, 2.24) is 10.2 Å². The second-order valence-corrected chi connectivity index (χ2v) is 10.8. The Morgan fingerprint density at radius 2 is 1.55 bits per heavy atom. The summed E-state index contributed by atoms with van der Waals surface area (Å²) in [6.07, 6.45) is 1.08. The van der Waals surface area contributed by atoms with Crippen molar-refractivity contribution in [3.63, 3.8) is 0 Å². The first kappa shape index (κ1) is 26.4. The topological polar surface area (TPSA) is 86.8 Å². The van der Waals surface area contributed by atoms with Crippen LogP contribution >= 0.6 is 0 Å². The molecule has 2 amide bonds. The van der Waals surface area contributed by atoms with Gasteiger partial charge in [-0.15, -0.1) is 0 Å². The van der Waals surface area contributed by atoms with Crippen LogP contribution in [0.2, 0.25) is 0 Å². The van der Waals surface area contributed by atoms with Crippen LogP contribution in [0.25, 0.3) is 0 Å². The molecule has 2 aromatic carbocycles. The van der Waals surface area contributed by atoms with Crippen LogP contribution in [0.1, 0.15) is 43.0 Å². The standard InChI is InChI=1S/C25H35N3O4S/c1-17(2)26-25(30)21(6)27(15-22-11-9-8-10-20(22)5)24(29)16-28(33(7,31)32)23-13-18(3)12-19(4)14-23/h8-14,17,21H,15-16H2,1-7H3,(H,26,30)/t21-/m0/s1. The molecule has 0 bridgehead atoms. The van der Waals surface area contributed by atoms with Gasteiger partial charge in [-0.25, -0.2) is 8.42 Å². The van der Waals surface area contributed by atoms with Gasteiger partial charge in [-0.1, -0.05) is 30.3 Å². The summed E-state index contributed by atoms with van der Waals surface area (Å²) < 4.78 is 26.4. The molecule has 0 aliphatic carbocycles. The summed E-state index contributed by atoms with van der Waals surface area (Å²) in [5, 5.41) is 2.84. The number of carbonyl (C=O) groups is 2. The molecule has 0 saturated carbocycles. The fourth-order valence-electron chi connectivity index (χ4n) is 3.67. The molecule has 7 nitrogen and oxygen atoms in total. The minimum atomic E-state index is -3.74. The van der Waals surface area contributed by atoms with Gasteiger partial charge in [0.25, 0.3) is 0 Å². The van der Waals surface area contributed by atoms with Gasteiger partial charge in [-0.3, -0.25) is 13.9 Å². The van der Waals surface area contributed by atoms with Crippen LogP contribution in [0.3, 0.4) is 0 Å². The molecular formula is C25H35N3O4S. The Hall–Kier alpha value is -2.87. The van der Waals surface area contributed by atoms with Crippen molar-refractivity contribution in [3.8, 4) is 0 Å². The molecule has 1 atom stereocenters. The molecule has 0 unspecified atom stereocenters. The Morgan fingerprint density at radius 3 is 2.06 bits per heavy atom. The highest BCUT2D eigenvalue weighted by Gasteiger charge is 2.30. The van der Waals surface area contributed by atoms with Gasteiger partial charge in [0.15, 0.2) is 0 Å². The zero-order valence-electron chi connectivity index (χ0n) is 20.5. The first-order valence-corrected chi connectivity index (χ1v) is 12.8. The molecule has 0 fully saturated rings. The zero-order chi connectivity index (χ0) is 24.9. The third-order valence-electron chi connectivity index (χ3n) is 5.37. The average molecular weight is 474 g/mol. The molecule has 8 heteroatoms. The Labute approximate surface area is 197 Å². The van der Waals surface area contributed by atoms with E-state index in [-0.39, 0.29) is 18.5 Å². The van der Waals surface area contributed by atoms with Crippen molar-refractivity contribution in [3.05, 3.63) is 64.7 Å². The van der Waals surface area contributed by atoms with E-state index in [2.05, 4.69) is 5.32 Å². The summed E-state index contributed by atoms with van der Waals surface area (Å²) in [5.74, 6) is -0.738. The molecule has 0 heterocycles. The van der Waals surface area contributed by atoms with Gasteiger partial charge in [0.05, 0.1) is 11.9 Å². The lowest BCUT2D eigenvalue weighted by atomic mass is 10.1. The molecule has 0 saturated heterocycles. The lowest BCUT2D eigenvalue weighted by Gasteiger charge is -2.32. The summed E-state index contributed by atoms with van der Waals surface area (Å²) in [6.45, 7) is 10.9. The van der Waals surface area contributed by atoms with Crippen molar-refractivity contribution in [2.45, 2.75) is 60.2 Å². The highest BCUT2D eigenvalue weighted by Crippen LogP contribution is 2.22. The van der Waals surface area contributed by atoms with Crippen LogP contribution in [0.5, 0.6) is 0 Å². The van der Waals surface area contributed by atoms with Crippen LogP contribution in [-0.4, -0.2) is 50.0 Å². The number of hydrogen-bond acceptors (Lipinski definition) is 4. The highest BCUT2D eigenvalue weighted by atomic mass is 32.2. The molecule has 0 radical (unpaired) electrons. The summed E-state index contributed by atoms with van der Waals surface area (Å²) in [4.78, 5) is 27.8. The van der Waals surface area contributed by atoms with E-state index in [1.807, 2.05) is 65.0 Å². The van der Waals surface area contributed by atoms with Gasteiger partial charge in [-0.05, 0) is 75.9 Å². The number of nitrogens with zero attached hydrogens (tertiary/aromatic N) is 2. The van der Waals surface area contributed by atoms with Crippen molar-refractivity contribution in [1.29, 1.82) is 0 Å². The van der Waals surface area contributed by atoms with Gasteiger partial charge in [0.2, 0.25) is 21.8 Å². The Kier molecular flexibility index (Phi) is 8.66. The maximum Gasteiger partial charge on any atom is 0.244 e. The molecule has 0 aromatic heterocycles. The van der Waals surface area contributed by atoms with Crippen molar-refractivity contribution in [2.24, 2.45) is 0 Å². The van der Waals surface area contributed by atoms with E-state index in [0.717, 1.165) is 32.8 Å². The lowest BCUT2D eigenvalue weighted by molar-refractivity contribution is -0.139. The molecule has 180 valence electrons. The molecule has 0 spiro atoms. The number of hydrogen-bond donors (Lipinski definition) is 1. The van der Waals surface area contributed by atoms with Crippen LogP contribution < -0.4 is 9.62 Å². The first-order valence-electron chi connectivity index (χ1n) is 11.0. The van der Waals surface area contributed by atoms with E-state index in [0.29, 0.717) is 5.69 Å². The van der Waals surface area contributed by atoms with E-state index >= 15 is 0 Å². The van der Waals surface area contributed by atoms with Crippen LogP contribution in [0.15, 0.2) is 42.5 Å². The molecule has 2 aromatic rings. The Bertz CT molecular complexity index is 1090. The van der Waals surface area contributed by atoms with Gasteiger partial charge < -0.3 is 10.2 Å². The summed E-state index contributed by atoms with van der Waals surface area (Å²) in [6, 6.07) is 12.2. The van der Waals surface area contributed by atoms with Crippen LogP contribution in [0.4, 0.5) is 5.69 Å². The summed E-state index contributed by atoms with van der Waals surface area (Å²) in [7, 11) is -3.74. The fourth-order valence-corrected chi connectivity index (χ4v) is 4.50. The number of aryl methyl sites for hydroxylation is 3. The van der Waals surface area contributed by atoms with E-state index in [1.54, 1.807) is 19.1 Å². The minimum Gasteiger partial charge on any atom is -0.352 e. The quantitative estimate of drug-likeness (QED) is 0.605. The number of sulfonamides is 1. The smallest absolute Gasteiger partial charge is 0.244 e. The maximum absolute atomic E-state index is 13.5. The maximum atomic E-state index is 13.5. The van der Waals surface area contributed by atoms with Gasteiger partial charge in [0.1, 0.15) is 12.6 Å². The number of nitrogens with one attached hydrogen (secondary N) is 1. The zero-order valence-corrected chi connectivity index (χ0v) is 21.4. The van der Waals surface area contributed by atoms with E-state index in [1.165, 1.54) is 4.90 Å². The van der Waals surface area contributed by atoms with Gasteiger partial charge >= 0.3 is 0 Å². The monoisotopic (exact) mass is 473 g/mol. The molecule has 2 rings (SSSR count). The highest BCUT2D eigenvalue weighted by molar-refractivity contribution is 7.92. The Balaban J connectivity index is 2.44. The minimum absolute atomic E-state index is 0.0850. The van der Waals surface area contributed by atoms with Gasteiger partial charge in [0, 0.05) is 12.6 Å². The van der Waals surface area contributed by atoms with Crippen molar-refractivity contribution in [2.75, 3.05) is 17.1 Å². The Morgan fingerprint density at radius 1 is 0.970 bits per heavy atom. The van der Waals surface area contributed by atoms with E-state index in [4.69, 9.17) is 0 Å². The predicted octanol–water partition coefficient (Wildman–Crippen LogP) is 3.32. The van der Waals surface area contributed by atoms with Crippen LogP contribution in [0, 0.1) is 20.8 Å². The normalized spacial score (nSPS) is 12.4. The molecule has 1 N–H and O–H groups in total. The third-order valence-corrected chi connectivity index (χ3v) is 6.51. The van der Waals surface area contributed by atoms with E-state index in [9.17, 15) is 18.0 Å². The van der Waals surface area contributed by atoms with E-state index < -0.39 is 28.5 Å². The SMILES string of the molecule is Cc1cc(C)cc(N(CC(=O)N(Cc2ccccc2C)[C@@H](C)C(=O)NC(C)C)S(C)(=O)=O)c1. The number of anilines is 1. The molecule has 33 heavy (non-hydrogen) atoms. The number of benzene rings is 2. The third kappa shape index (κ3) is 7.32. The number of carbonyl (C=O) groups excluding carboxylic acids is 2. The largest absolute Gasteiger partial charge is 0.352 e. The van der Waals surface area contributed by atoms with Gasteiger partial charge in [-0.2, -0.15) is 0 Å². The fraction of sp³-hybridized carbons (Fsp3) is 0.440. The molecule has 0 aliphatic rings. The number of amides is 2. The molecule has 0 aliphatic heterocycles. The second-order valence-electron chi connectivity index (χ2n) is 8.90. The molecular weight excluding hydrogens is 438 g/mol. The summed E-state index contributed by atoms with van der Waals surface area (Å²) in [5.41, 5.74) is 4.10. The predicted molar refractivity (Wildman–Crippen MR) is 133 cm³/mol. The summed E-state index contributed by atoms with van der Waals surface area (Å²) >= 11 is 0. The average Bonchev–Trinajstić information content (AvgIpc) is 2.68. The number of rotatable bonds is 9. The van der Waals surface area contributed by atoms with Crippen LogP contribution in [-0.2, 0) is 26.2 Å². The van der Waals surface area contributed by atoms with Crippen molar-refractivity contribution >= 4 is 27.5 Å². The van der Waals surface area contributed by atoms with Crippen molar-refractivity contribution < 1.29 is 18.0 Å². The first-order chi connectivity index (χ1) is 15.3. The second kappa shape index (κ2) is 10.8. The lowest BCUT2D eigenvalue weighted by Crippen LogP contribution is -2.52.